The summed E-state index contributed by atoms with van der Waals surface area (Å²) in [6.45, 7) is 3.95. The number of likely N-dealkylation sites (tertiary alicyclic amines) is 1. The van der Waals surface area contributed by atoms with Crippen LogP contribution in [-0.2, 0) is 11.3 Å². The number of amides is 1. The van der Waals surface area contributed by atoms with Crippen LogP contribution in [0.1, 0.15) is 36.9 Å². The largest absolute Gasteiger partial charge is 0.497 e. The van der Waals surface area contributed by atoms with Crippen LogP contribution in [0.3, 0.4) is 0 Å². The van der Waals surface area contributed by atoms with Crippen molar-refractivity contribution in [3.05, 3.63) is 64.4 Å². The number of rotatable bonds is 6. The number of nitrogens with one attached hydrogen (secondary N) is 1. The van der Waals surface area contributed by atoms with E-state index in [-0.39, 0.29) is 23.7 Å². The predicted octanol–water partition coefficient (Wildman–Crippen LogP) is 4.58. The maximum atomic E-state index is 14.0. The molecule has 0 saturated carbocycles. The number of methoxy groups -OCH3 is 1. The molecule has 1 heterocycles. The van der Waals surface area contributed by atoms with Gasteiger partial charge in [-0.3, -0.25) is 9.69 Å². The van der Waals surface area contributed by atoms with Gasteiger partial charge in [0.15, 0.2) is 0 Å². The summed E-state index contributed by atoms with van der Waals surface area (Å²) in [5.41, 5.74) is 1.57. The van der Waals surface area contributed by atoms with Crippen LogP contribution in [0.5, 0.6) is 5.75 Å². The number of halogens is 2. The average Bonchev–Trinajstić information content (AvgIpc) is 2.71. The van der Waals surface area contributed by atoms with Crippen LogP contribution in [0.25, 0.3) is 0 Å². The fourth-order valence-corrected chi connectivity index (χ4v) is 3.79. The summed E-state index contributed by atoms with van der Waals surface area (Å²) in [6.07, 6.45) is 1.51. The lowest BCUT2D eigenvalue weighted by Crippen LogP contribution is -2.41. The van der Waals surface area contributed by atoms with E-state index in [2.05, 4.69) is 10.2 Å². The highest BCUT2D eigenvalue weighted by Gasteiger charge is 2.26. The normalized spacial score (nSPS) is 16.6. The van der Waals surface area contributed by atoms with Gasteiger partial charge in [-0.15, -0.1) is 0 Å². The summed E-state index contributed by atoms with van der Waals surface area (Å²) >= 11 is 6.12. The molecule has 1 N–H and O–H groups in total. The fraction of sp³-hybridized carbons (Fsp3) is 0.409. The van der Waals surface area contributed by atoms with Gasteiger partial charge in [0.1, 0.15) is 11.6 Å². The van der Waals surface area contributed by atoms with Gasteiger partial charge in [0.05, 0.1) is 13.2 Å². The number of piperidine rings is 1. The number of carbonyl (C=O) groups is 1. The molecule has 150 valence electrons. The summed E-state index contributed by atoms with van der Waals surface area (Å²) in [5, 5.41) is 3.56. The van der Waals surface area contributed by atoms with Crippen LogP contribution >= 0.6 is 11.6 Å². The minimum atomic E-state index is -0.277. The lowest BCUT2D eigenvalue weighted by atomic mass is 9.94. The Hall–Kier alpha value is -2.11. The zero-order valence-corrected chi connectivity index (χ0v) is 17.0. The van der Waals surface area contributed by atoms with E-state index in [4.69, 9.17) is 16.3 Å². The van der Waals surface area contributed by atoms with Crippen LogP contribution in [0.15, 0.2) is 42.5 Å². The first-order valence-corrected chi connectivity index (χ1v) is 9.95. The summed E-state index contributed by atoms with van der Waals surface area (Å²) in [5.74, 6) is 0.574. The summed E-state index contributed by atoms with van der Waals surface area (Å²) in [4.78, 5) is 14.8. The summed E-state index contributed by atoms with van der Waals surface area (Å²) in [7, 11) is 1.63. The van der Waals surface area contributed by atoms with Crippen molar-refractivity contribution in [1.29, 1.82) is 0 Å². The summed E-state index contributed by atoms with van der Waals surface area (Å²) in [6, 6.07) is 12.4. The monoisotopic (exact) mass is 404 g/mol. The van der Waals surface area contributed by atoms with Crippen molar-refractivity contribution in [3.63, 3.8) is 0 Å². The molecule has 0 aromatic heterocycles. The molecular formula is C22H26ClFN2O2. The third kappa shape index (κ3) is 5.03. The van der Waals surface area contributed by atoms with Gasteiger partial charge in [-0.1, -0.05) is 29.8 Å². The third-order valence-corrected chi connectivity index (χ3v) is 5.73. The standard InChI is InChI=1S/C22H26ClFN2O2/c1-15(16-6-8-18(28-2)9-7-16)25-22(27)17-10-12-26(13-11-17)14-19-20(23)4-3-5-21(19)24/h3-9,15,17H,10-14H2,1-2H3,(H,25,27)/t15-/m1/s1. The molecule has 2 aromatic carbocycles. The first-order valence-electron chi connectivity index (χ1n) is 9.57. The quantitative estimate of drug-likeness (QED) is 0.766. The molecule has 0 bridgehead atoms. The topological polar surface area (TPSA) is 41.6 Å². The SMILES string of the molecule is COc1ccc([C@@H](C)NC(=O)C2CCN(Cc3c(F)cccc3Cl)CC2)cc1. The minimum Gasteiger partial charge on any atom is -0.497 e. The lowest BCUT2D eigenvalue weighted by Gasteiger charge is -2.32. The maximum Gasteiger partial charge on any atom is 0.223 e. The number of nitrogens with zero attached hydrogens (tertiary/aromatic N) is 1. The second-order valence-electron chi connectivity index (χ2n) is 7.25. The molecule has 1 aliphatic rings. The Labute approximate surface area is 170 Å². The molecule has 1 fully saturated rings. The number of hydrogen-bond donors (Lipinski definition) is 1. The zero-order chi connectivity index (χ0) is 20.1. The zero-order valence-electron chi connectivity index (χ0n) is 16.3. The van der Waals surface area contributed by atoms with E-state index in [9.17, 15) is 9.18 Å². The molecule has 0 aliphatic carbocycles. The molecule has 1 aliphatic heterocycles. The third-order valence-electron chi connectivity index (χ3n) is 5.38. The van der Waals surface area contributed by atoms with Gasteiger partial charge in [-0.2, -0.15) is 0 Å². The summed E-state index contributed by atoms with van der Waals surface area (Å²) < 4.78 is 19.1. The van der Waals surface area contributed by atoms with Crippen LogP contribution in [-0.4, -0.2) is 31.0 Å². The van der Waals surface area contributed by atoms with E-state index in [1.807, 2.05) is 31.2 Å². The van der Waals surface area contributed by atoms with Crippen molar-refractivity contribution in [3.8, 4) is 5.75 Å². The van der Waals surface area contributed by atoms with E-state index in [0.717, 1.165) is 37.2 Å². The van der Waals surface area contributed by atoms with Crippen LogP contribution in [0.2, 0.25) is 5.02 Å². The van der Waals surface area contributed by atoms with Gasteiger partial charge in [0, 0.05) is 23.0 Å². The highest BCUT2D eigenvalue weighted by atomic mass is 35.5. The molecule has 1 amide bonds. The van der Waals surface area contributed by atoms with E-state index >= 15 is 0 Å². The van der Waals surface area contributed by atoms with Gasteiger partial charge in [-0.25, -0.2) is 4.39 Å². The van der Waals surface area contributed by atoms with Gasteiger partial charge in [-0.05, 0) is 62.7 Å². The molecule has 28 heavy (non-hydrogen) atoms. The number of carbonyl (C=O) groups excluding carboxylic acids is 1. The smallest absolute Gasteiger partial charge is 0.223 e. The molecule has 1 saturated heterocycles. The van der Waals surface area contributed by atoms with Gasteiger partial charge < -0.3 is 10.1 Å². The molecule has 0 spiro atoms. The highest BCUT2D eigenvalue weighted by molar-refractivity contribution is 6.31. The van der Waals surface area contributed by atoms with Crippen LogP contribution in [0, 0.1) is 11.7 Å². The van der Waals surface area contributed by atoms with E-state index in [1.54, 1.807) is 19.2 Å². The number of ether oxygens (including phenoxy) is 1. The average molecular weight is 405 g/mol. The fourth-order valence-electron chi connectivity index (χ4n) is 3.57. The van der Waals surface area contributed by atoms with Crippen LogP contribution < -0.4 is 10.1 Å². The Balaban J connectivity index is 1.50. The Kier molecular flexibility index (Phi) is 6.92. The highest BCUT2D eigenvalue weighted by Crippen LogP contribution is 2.25. The minimum absolute atomic E-state index is 0.0203. The van der Waals surface area contributed by atoms with Crippen LogP contribution in [0.4, 0.5) is 4.39 Å². The van der Waals surface area contributed by atoms with Gasteiger partial charge >= 0.3 is 0 Å². The Morgan fingerprint density at radius 2 is 1.93 bits per heavy atom. The van der Waals surface area contributed by atoms with Crippen molar-refractivity contribution in [2.24, 2.45) is 5.92 Å². The predicted molar refractivity (Wildman–Crippen MR) is 109 cm³/mol. The van der Waals surface area contributed by atoms with Crippen molar-refractivity contribution in [1.82, 2.24) is 10.2 Å². The molecule has 6 heteroatoms. The van der Waals surface area contributed by atoms with Gasteiger partial charge in [0.25, 0.3) is 0 Å². The van der Waals surface area contributed by atoms with Crippen molar-refractivity contribution in [2.75, 3.05) is 20.2 Å². The Morgan fingerprint density at radius 1 is 1.25 bits per heavy atom. The Morgan fingerprint density at radius 3 is 2.54 bits per heavy atom. The van der Waals surface area contributed by atoms with Gasteiger partial charge in [0.2, 0.25) is 5.91 Å². The Bertz CT molecular complexity index is 784. The number of hydrogen-bond acceptors (Lipinski definition) is 3. The van der Waals surface area contributed by atoms with Crippen molar-refractivity contribution in [2.45, 2.75) is 32.4 Å². The molecule has 0 unspecified atom stereocenters. The second-order valence-corrected chi connectivity index (χ2v) is 7.66. The first kappa shape index (κ1) is 20.6. The molecular weight excluding hydrogens is 379 g/mol. The second kappa shape index (κ2) is 9.39. The van der Waals surface area contributed by atoms with E-state index < -0.39 is 0 Å². The molecule has 1 atom stereocenters. The lowest BCUT2D eigenvalue weighted by molar-refractivity contribution is -0.127. The number of benzene rings is 2. The maximum absolute atomic E-state index is 14.0. The molecule has 2 aromatic rings. The molecule has 0 radical (unpaired) electrons. The molecule has 4 nitrogen and oxygen atoms in total. The van der Waals surface area contributed by atoms with Crippen molar-refractivity contribution < 1.29 is 13.9 Å². The molecule has 3 rings (SSSR count). The van der Waals surface area contributed by atoms with E-state index in [0.29, 0.717) is 17.1 Å². The first-order chi connectivity index (χ1) is 13.5. The van der Waals surface area contributed by atoms with E-state index in [1.165, 1.54) is 6.07 Å². The van der Waals surface area contributed by atoms with Crippen molar-refractivity contribution >= 4 is 17.5 Å².